The van der Waals surface area contributed by atoms with E-state index in [0.717, 1.165) is 12.1 Å². The molecule has 4 rings (SSSR count). The number of alkyl halides is 3. The molecule has 7 nitrogen and oxygen atoms in total. The molecule has 1 aromatic heterocycles. The topological polar surface area (TPSA) is 102 Å². The van der Waals surface area contributed by atoms with Gasteiger partial charge in [-0.1, -0.05) is 5.16 Å². The standard InChI is InChI=1S/C16H16F4N4O3S/c17-9-1-2-10(11(7-9)16(18,19)20)14-22-13(23-27-14)12-8-15(12)3-5-24(6-4-15)28(21,25)26/h1-2,7,12H,3-6,8H2,(H2,21,25,26)/t12-/m0/s1. The Morgan fingerprint density at radius 2 is 1.93 bits per heavy atom. The van der Waals surface area contributed by atoms with Gasteiger partial charge in [0.05, 0.1) is 11.1 Å². The van der Waals surface area contributed by atoms with E-state index < -0.39 is 27.8 Å². The summed E-state index contributed by atoms with van der Waals surface area (Å²) >= 11 is 0. The van der Waals surface area contributed by atoms with E-state index in [1.807, 2.05) is 0 Å². The Morgan fingerprint density at radius 3 is 2.54 bits per heavy atom. The summed E-state index contributed by atoms with van der Waals surface area (Å²) in [5.74, 6) is -1.19. The maximum absolute atomic E-state index is 13.3. The highest BCUT2D eigenvalue weighted by Crippen LogP contribution is 2.64. The minimum atomic E-state index is -4.77. The molecule has 0 radical (unpaired) electrons. The van der Waals surface area contributed by atoms with Crippen LogP contribution >= 0.6 is 0 Å². The van der Waals surface area contributed by atoms with Gasteiger partial charge in [-0.3, -0.25) is 0 Å². The predicted octanol–water partition coefficient (Wildman–Crippen LogP) is 2.67. The Labute approximate surface area is 157 Å². The number of hydrogen-bond acceptors (Lipinski definition) is 5. The maximum atomic E-state index is 13.3. The number of piperidine rings is 1. The van der Waals surface area contributed by atoms with Crippen molar-refractivity contribution in [1.82, 2.24) is 14.4 Å². The molecule has 2 heterocycles. The van der Waals surface area contributed by atoms with Crippen molar-refractivity contribution in [3.8, 4) is 11.5 Å². The Hall–Kier alpha value is -2.05. The van der Waals surface area contributed by atoms with Crippen LogP contribution in [-0.4, -0.2) is 36.0 Å². The molecule has 1 aliphatic carbocycles. The number of hydrogen-bond donors (Lipinski definition) is 1. The summed E-state index contributed by atoms with van der Waals surface area (Å²) < 4.78 is 81.9. The van der Waals surface area contributed by atoms with Crippen LogP contribution in [-0.2, 0) is 16.4 Å². The normalized spacial score (nSPS) is 22.5. The van der Waals surface area contributed by atoms with Crippen LogP contribution < -0.4 is 5.14 Å². The molecule has 12 heteroatoms. The lowest BCUT2D eigenvalue weighted by molar-refractivity contribution is -0.137. The number of rotatable bonds is 3. The fraction of sp³-hybridized carbons (Fsp3) is 0.500. The third-order valence-electron chi connectivity index (χ3n) is 5.54. The zero-order chi connectivity index (χ0) is 20.3. The minimum absolute atomic E-state index is 0.123. The van der Waals surface area contributed by atoms with E-state index in [9.17, 15) is 26.0 Å². The van der Waals surface area contributed by atoms with Crippen LogP contribution in [0.1, 0.15) is 36.6 Å². The SMILES string of the molecule is NS(=O)(=O)N1CCC2(CC1)C[C@H]2c1noc(-c2ccc(F)cc2C(F)(F)F)n1. The van der Waals surface area contributed by atoms with Crippen molar-refractivity contribution in [3.05, 3.63) is 35.4 Å². The molecule has 1 spiro atoms. The fourth-order valence-corrected chi connectivity index (χ4v) is 4.57. The van der Waals surface area contributed by atoms with Crippen molar-refractivity contribution in [2.45, 2.75) is 31.4 Å². The van der Waals surface area contributed by atoms with Crippen LogP contribution in [0.3, 0.4) is 0 Å². The summed E-state index contributed by atoms with van der Waals surface area (Å²) in [5.41, 5.74) is -1.76. The predicted molar refractivity (Wildman–Crippen MR) is 88.4 cm³/mol. The molecule has 2 aliphatic rings. The van der Waals surface area contributed by atoms with Crippen molar-refractivity contribution in [3.63, 3.8) is 0 Å². The van der Waals surface area contributed by atoms with Gasteiger partial charge in [-0.25, -0.2) is 9.53 Å². The van der Waals surface area contributed by atoms with Gasteiger partial charge in [-0.05, 0) is 42.9 Å². The van der Waals surface area contributed by atoms with Gasteiger partial charge in [0.2, 0.25) is 0 Å². The van der Waals surface area contributed by atoms with E-state index in [4.69, 9.17) is 9.66 Å². The molecular weight excluding hydrogens is 404 g/mol. The minimum Gasteiger partial charge on any atom is -0.334 e. The van der Waals surface area contributed by atoms with Gasteiger partial charge >= 0.3 is 6.18 Å². The van der Waals surface area contributed by atoms with Crippen LogP contribution in [0.5, 0.6) is 0 Å². The second-order valence-electron chi connectivity index (χ2n) is 7.21. The van der Waals surface area contributed by atoms with E-state index >= 15 is 0 Å². The third kappa shape index (κ3) is 3.40. The van der Waals surface area contributed by atoms with Gasteiger partial charge in [0, 0.05) is 19.0 Å². The maximum Gasteiger partial charge on any atom is 0.417 e. The highest BCUT2D eigenvalue weighted by atomic mass is 32.2. The molecule has 28 heavy (non-hydrogen) atoms. The first-order valence-corrected chi connectivity index (χ1v) is 9.99. The molecule has 0 unspecified atom stereocenters. The van der Waals surface area contributed by atoms with Gasteiger partial charge in [-0.15, -0.1) is 0 Å². The second kappa shape index (κ2) is 6.22. The summed E-state index contributed by atoms with van der Waals surface area (Å²) in [6.45, 7) is 0.548. The van der Waals surface area contributed by atoms with Gasteiger partial charge in [-0.2, -0.15) is 30.9 Å². The van der Waals surface area contributed by atoms with Gasteiger partial charge < -0.3 is 4.52 Å². The van der Waals surface area contributed by atoms with Gasteiger partial charge in [0.15, 0.2) is 5.82 Å². The number of nitrogens with two attached hydrogens (primary N) is 1. The lowest BCUT2D eigenvalue weighted by Gasteiger charge is -2.30. The van der Waals surface area contributed by atoms with Crippen molar-refractivity contribution < 1.29 is 30.5 Å². The molecule has 1 saturated heterocycles. The molecule has 0 amide bonds. The number of benzene rings is 1. The lowest BCUT2D eigenvalue weighted by Crippen LogP contribution is -2.43. The molecule has 1 atom stereocenters. The first kappa shape index (κ1) is 19.3. The zero-order valence-corrected chi connectivity index (χ0v) is 15.2. The van der Waals surface area contributed by atoms with E-state index in [1.54, 1.807) is 0 Å². The quantitative estimate of drug-likeness (QED) is 0.770. The summed E-state index contributed by atoms with van der Waals surface area (Å²) in [6, 6.07) is 2.25. The average molecular weight is 420 g/mol. The largest absolute Gasteiger partial charge is 0.417 e. The molecule has 1 saturated carbocycles. The summed E-state index contributed by atoms with van der Waals surface area (Å²) in [7, 11) is -3.74. The van der Waals surface area contributed by atoms with Crippen molar-refractivity contribution >= 4 is 10.2 Å². The Balaban J connectivity index is 1.55. The third-order valence-corrected chi connectivity index (χ3v) is 6.62. The molecule has 152 valence electrons. The van der Waals surface area contributed by atoms with Gasteiger partial charge in [0.1, 0.15) is 5.82 Å². The molecule has 2 aromatic rings. The summed E-state index contributed by atoms with van der Waals surface area (Å²) in [5, 5.41) is 8.95. The van der Waals surface area contributed by atoms with Crippen LogP contribution in [0, 0.1) is 11.2 Å². The molecule has 1 aromatic carbocycles. The molecular formula is C16H16F4N4O3S. The lowest BCUT2D eigenvalue weighted by atomic mass is 9.92. The van der Waals surface area contributed by atoms with Crippen LogP contribution in [0.4, 0.5) is 17.6 Å². The van der Waals surface area contributed by atoms with E-state index in [-0.39, 0.29) is 41.7 Å². The van der Waals surface area contributed by atoms with Gasteiger partial charge in [0.25, 0.3) is 16.1 Å². The Kier molecular flexibility index (Phi) is 4.28. The number of nitrogens with zero attached hydrogens (tertiary/aromatic N) is 3. The molecule has 0 bridgehead atoms. The highest BCUT2D eigenvalue weighted by Gasteiger charge is 2.58. The molecule has 2 fully saturated rings. The van der Waals surface area contributed by atoms with Crippen molar-refractivity contribution in [1.29, 1.82) is 0 Å². The Morgan fingerprint density at radius 1 is 1.25 bits per heavy atom. The van der Waals surface area contributed by atoms with Crippen molar-refractivity contribution in [2.75, 3.05) is 13.1 Å². The number of aromatic nitrogens is 2. The monoisotopic (exact) mass is 420 g/mol. The number of halogens is 4. The first-order chi connectivity index (χ1) is 13.0. The van der Waals surface area contributed by atoms with Crippen molar-refractivity contribution in [2.24, 2.45) is 10.6 Å². The fourth-order valence-electron chi connectivity index (χ4n) is 3.87. The highest BCUT2D eigenvalue weighted by molar-refractivity contribution is 7.86. The van der Waals surface area contributed by atoms with E-state index in [2.05, 4.69) is 10.1 Å². The van der Waals surface area contributed by atoms with Crippen LogP contribution in [0.2, 0.25) is 0 Å². The second-order valence-corrected chi connectivity index (χ2v) is 8.75. The smallest absolute Gasteiger partial charge is 0.334 e. The van der Waals surface area contributed by atoms with Crippen LogP contribution in [0.25, 0.3) is 11.5 Å². The molecule has 2 N–H and O–H groups in total. The van der Waals surface area contributed by atoms with Crippen LogP contribution in [0.15, 0.2) is 22.7 Å². The summed E-state index contributed by atoms with van der Waals surface area (Å²) in [6.07, 6.45) is -2.96. The van der Waals surface area contributed by atoms with E-state index in [0.29, 0.717) is 25.3 Å². The Bertz CT molecular complexity index is 1010. The van der Waals surface area contributed by atoms with E-state index in [1.165, 1.54) is 4.31 Å². The molecule has 1 aliphatic heterocycles. The zero-order valence-electron chi connectivity index (χ0n) is 14.4. The summed E-state index contributed by atoms with van der Waals surface area (Å²) in [4.78, 5) is 4.11. The first-order valence-electron chi connectivity index (χ1n) is 8.48. The average Bonchev–Trinajstić information content (AvgIpc) is 3.07.